The average molecular weight is 180 g/mol. The van der Waals surface area contributed by atoms with Crippen molar-refractivity contribution in [1.82, 2.24) is 0 Å². The van der Waals surface area contributed by atoms with Crippen molar-refractivity contribution in [3.05, 3.63) is 35.4 Å². The van der Waals surface area contributed by atoms with Gasteiger partial charge in [0.15, 0.2) is 0 Å². The van der Waals surface area contributed by atoms with Crippen LogP contribution in [0.4, 0.5) is 4.39 Å². The van der Waals surface area contributed by atoms with Crippen LogP contribution >= 0.6 is 0 Å². The van der Waals surface area contributed by atoms with Crippen molar-refractivity contribution in [2.45, 2.75) is 25.6 Å². The van der Waals surface area contributed by atoms with E-state index in [9.17, 15) is 4.39 Å². The first kappa shape index (κ1) is 8.70. The van der Waals surface area contributed by atoms with E-state index in [1.165, 1.54) is 0 Å². The molecule has 0 unspecified atom stereocenters. The predicted octanol–water partition coefficient (Wildman–Crippen LogP) is 2.79. The molecule has 2 rings (SSSR count). The van der Waals surface area contributed by atoms with Crippen LogP contribution in [0.15, 0.2) is 24.3 Å². The third-order valence-electron chi connectivity index (χ3n) is 2.51. The summed E-state index contributed by atoms with van der Waals surface area (Å²) in [6, 6.07) is 7.82. The van der Waals surface area contributed by atoms with Gasteiger partial charge in [0.1, 0.15) is 12.3 Å². The molecule has 1 nitrogen and oxygen atoms in total. The Bertz CT molecular complexity index is 298. The van der Waals surface area contributed by atoms with E-state index in [0.717, 1.165) is 11.1 Å². The van der Waals surface area contributed by atoms with Crippen LogP contribution < -0.4 is 0 Å². The van der Waals surface area contributed by atoms with Gasteiger partial charge < -0.3 is 4.74 Å². The molecule has 1 aliphatic heterocycles. The van der Waals surface area contributed by atoms with Crippen molar-refractivity contribution in [3.8, 4) is 0 Å². The van der Waals surface area contributed by atoms with Crippen LogP contribution in [0.3, 0.4) is 0 Å². The van der Waals surface area contributed by atoms with Crippen molar-refractivity contribution < 1.29 is 9.13 Å². The zero-order valence-corrected chi connectivity index (χ0v) is 7.66. The van der Waals surface area contributed by atoms with Crippen molar-refractivity contribution in [3.63, 3.8) is 0 Å². The molecule has 1 saturated heterocycles. The third kappa shape index (κ3) is 1.59. The third-order valence-corrected chi connectivity index (χ3v) is 2.51. The number of halogens is 1. The molecule has 1 aromatic rings. The molecular weight excluding hydrogens is 167 g/mol. The Morgan fingerprint density at radius 3 is 2.77 bits per heavy atom. The van der Waals surface area contributed by atoms with Crippen molar-refractivity contribution in [2.24, 2.45) is 0 Å². The number of ether oxygens (including phenoxy) is 1. The van der Waals surface area contributed by atoms with Gasteiger partial charge in [-0.25, -0.2) is 4.39 Å². The Balaban J connectivity index is 2.29. The fraction of sp³-hybridized carbons (Fsp3) is 0.455. The number of rotatable bonds is 1. The van der Waals surface area contributed by atoms with Gasteiger partial charge in [-0.3, -0.25) is 0 Å². The number of aryl methyl sites for hydroxylation is 1. The molecule has 1 aromatic carbocycles. The fourth-order valence-corrected chi connectivity index (χ4v) is 1.75. The van der Waals surface area contributed by atoms with Crippen molar-refractivity contribution >= 4 is 0 Å². The summed E-state index contributed by atoms with van der Waals surface area (Å²) in [5.74, 6) is 0. The van der Waals surface area contributed by atoms with Crippen molar-refractivity contribution in [2.75, 3.05) is 6.61 Å². The smallest absolute Gasteiger partial charge is 0.133 e. The highest BCUT2D eigenvalue weighted by Gasteiger charge is 2.30. The lowest BCUT2D eigenvalue weighted by Gasteiger charge is -2.14. The highest BCUT2D eigenvalue weighted by molar-refractivity contribution is 5.29. The Kier molecular flexibility index (Phi) is 2.32. The van der Waals surface area contributed by atoms with Crippen LogP contribution in [0.25, 0.3) is 0 Å². The molecule has 1 fully saturated rings. The molecule has 0 bridgehead atoms. The minimum Gasteiger partial charge on any atom is -0.370 e. The van der Waals surface area contributed by atoms with Crippen LogP contribution in [-0.2, 0) is 4.74 Å². The van der Waals surface area contributed by atoms with E-state index >= 15 is 0 Å². The van der Waals surface area contributed by atoms with E-state index in [0.29, 0.717) is 13.0 Å². The predicted molar refractivity (Wildman–Crippen MR) is 49.4 cm³/mol. The summed E-state index contributed by atoms with van der Waals surface area (Å²) < 4.78 is 18.7. The normalized spacial score (nSPS) is 27.8. The van der Waals surface area contributed by atoms with E-state index in [1.807, 2.05) is 31.2 Å². The molecule has 0 saturated carbocycles. The lowest BCUT2D eigenvalue weighted by atomic mass is 10.0. The molecule has 0 radical (unpaired) electrons. The van der Waals surface area contributed by atoms with Crippen LogP contribution in [0.1, 0.15) is 23.7 Å². The summed E-state index contributed by atoms with van der Waals surface area (Å²) in [6.07, 6.45) is -0.638. The van der Waals surface area contributed by atoms with Gasteiger partial charge in [0.25, 0.3) is 0 Å². The number of benzene rings is 1. The molecule has 1 aliphatic rings. The maximum absolute atomic E-state index is 13.3. The van der Waals surface area contributed by atoms with Gasteiger partial charge in [0, 0.05) is 6.42 Å². The molecule has 0 spiro atoms. The Hall–Kier alpha value is -0.890. The summed E-state index contributed by atoms with van der Waals surface area (Å²) in [4.78, 5) is 0. The quantitative estimate of drug-likeness (QED) is 0.645. The average Bonchev–Trinajstić information content (AvgIpc) is 2.52. The minimum absolute atomic E-state index is 0.332. The molecule has 0 aromatic heterocycles. The standard InChI is InChI=1S/C11H13FO/c1-8-4-2-3-5-9(8)11-10(12)6-7-13-11/h2-5,10-11H,6-7H2,1H3/t10-,11+/m1/s1. The molecular formula is C11H13FO. The minimum atomic E-state index is -0.832. The first-order chi connectivity index (χ1) is 6.29. The molecule has 2 heteroatoms. The van der Waals surface area contributed by atoms with E-state index in [2.05, 4.69) is 0 Å². The zero-order valence-electron chi connectivity index (χ0n) is 7.66. The van der Waals surface area contributed by atoms with Crippen LogP contribution in [-0.4, -0.2) is 12.8 Å². The van der Waals surface area contributed by atoms with Gasteiger partial charge in [-0.15, -0.1) is 0 Å². The van der Waals surface area contributed by atoms with Gasteiger partial charge in [-0.1, -0.05) is 24.3 Å². The lowest BCUT2D eigenvalue weighted by molar-refractivity contribution is 0.0773. The summed E-state index contributed by atoms with van der Waals surface area (Å²) in [6.45, 7) is 2.53. The van der Waals surface area contributed by atoms with Gasteiger partial charge in [0.05, 0.1) is 6.61 Å². The van der Waals surface area contributed by atoms with Crippen molar-refractivity contribution in [1.29, 1.82) is 0 Å². The summed E-state index contributed by atoms with van der Waals surface area (Å²) in [5, 5.41) is 0. The van der Waals surface area contributed by atoms with Crippen LogP contribution in [0.5, 0.6) is 0 Å². The summed E-state index contributed by atoms with van der Waals surface area (Å²) >= 11 is 0. The molecule has 0 N–H and O–H groups in total. The van der Waals surface area contributed by atoms with Crippen LogP contribution in [0, 0.1) is 6.92 Å². The van der Waals surface area contributed by atoms with E-state index < -0.39 is 6.17 Å². The highest BCUT2D eigenvalue weighted by Crippen LogP contribution is 2.32. The SMILES string of the molecule is Cc1ccccc1[C@@H]1OCC[C@H]1F. The van der Waals surface area contributed by atoms with Gasteiger partial charge in [-0.2, -0.15) is 0 Å². The Morgan fingerprint density at radius 1 is 1.38 bits per heavy atom. The second-order valence-corrected chi connectivity index (χ2v) is 3.45. The molecule has 13 heavy (non-hydrogen) atoms. The largest absolute Gasteiger partial charge is 0.370 e. The van der Waals surface area contributed by atoms with E-state index in [4.69, 9.17) is 4.74 Å². The van der Waals surface area contributed by atoms with Gasteiger partial charge >= 0.3 is 0 Å². The lowest BCUT2D eigenvalue weighted by Crippen LogP contribution is -2.08. The summed E-state index contributed by atoms with van der Waals surface area (Å²) in [5.41, 5.74) is 2.10. The first-order valence-electron chi connectivity index (χ1n) is 4.60. The van der Waals surface area contributed by atoms with E-state index in [1.54, 1.807) is 0 Å². The van der Waals surface area contributed by atoms with Gasteiger partial charge in [0.2, 0.25) is 0 Å². The monoisotopic (exact) mass is 180 g/mol. The number of hydrogen-bond acceptors (Lipinski definition) is 1. The second-order valence-electron chi connectivity index (χ2n) is 3.45. The topological polar surface area (TPSA) is 9.23 Å². The molecule has 0 amide bonds. The Morgan fingerprint density at radius 2 is 2.15 bits per heavy atom. The van der Waals surface area contributed by atoms with Crippen LogP contribution in [0.2, 0.25) is 0 Å². The fourth-order valence-electron chi connectivity index (χ4n) is 1.75. The van der Waals surface area contributed by atoms with E-state index in [-0.39, 0.29) is 6.10 Å². The first-order valence-corrected chi connectivity index (χ1v) is 4.60. The Labute approximate surface area is 77.5 Å². The zero-order chi connectivity index (χ0) is 9.26. The number of alkyl halides is 1. The molecule has 1 heterocycles. The maximum Gasteiger partial charge on any atom is 0.133 e. The molecule has 2 atom stereocenters. The number of hydrogen-bond donors (Lipinski definition) is 0. The molecule has 70 valence electrons. The highest BCUT2D eigenvalue weighted by atomic mass is 19.1. The maximum atomic E-state index is 13.3. The summed E-state index contributed by atoms with van der Waals surface area (Å²) in [7, 11) is 0. The van der Waals surface area contributed by atoms with Gasteiger partial charge in [-0.05, 0) is 18.1 Å². The molecule has 0 aliphatic carbocycles. The second kappa shape index (κ2) is 3.46.